The maximum atomic E-state index is 13.6. The van der Waals surface area contributed by atoms with Gasteiger partial charge in [0.15, 0.2) is 12.4 Å². The van der Waals surface area contributed by atoms with Gasteiger partial charge < -0.3 is 14.3 Å². The third kappa shape index (κ3) is 6.24. The Balaban J connectivity index is 2.11. The average Bonchev–Trinajstić information content (AvgIpc) is 3.12. The number of furan rings is 1. The first-order valence-corrected chi connectivity index (χ1v) is 13.9. The van der Waals surface area contributed by atoms with E-state index in [2.05, 4.69) is 0 Å². The van der Waals surface area contributed by atoms with Crippen molar-refractivity contribution >= 4 is 83.6 Å². The van der Waals surface area contributed by atoms with Gasteiger partial charge in [-0.05, 0) is 81.9 Å². The number of aryl methyl sites for hydroxylation is 1. The molecule has 2 aromatic carbocycles. The van der Waals surface area contributed by atoms with Gasteiger partial charge in [0, 0.05) is 23.1 Å². The number of carbonyl (C=O) groups excluding carboxylic acids is 1. The van der Waals surface area contributed by atoms with E-state index in [4.69, 9.17) is 14.3 Å². The van der Waals surface area contributed by atoms with Crippen LogP contribution in [0.4, 0.5) is 18.9 Å². The predicted octanol–water partition coefficient (Wildman–Crippen LogP) is 5.94. The molecule has 3 rings (SSSR count). The Kier molecular flexibility index (Phi) is 8.80. The number of benzene rings is 2. The van der Waals surface area contributed by atoms with Crippen molar-refractivity contribution in [3.8, 4) is 5.75 Å². The molecule has 0 saturated carbocycles. The van der Waals surface area contributed by atoms with Gasteiger partial charge in [-0.2, -0.15) is 21.6 Å². The topological polar surface area (TPSA) is 123 Å². The molecule has 0 aliphatic carbocycles. The van der Waals surface area contributed by atoms with Crippen molar-refractivity contribution in [3.63, 3.8) is 0 Å². The van der Waals surface area contributed by atoms with Gasteiger partial charge in [-0.1, -0.05) is 13.3 Å². The van der Waals surface area contributed by atoms with Gasteiger partial charge in [0.2, 0.25) is 0 Å². The molecule has 0 radical (unpaired) electrons. The number of alkyl halides is 3. The molecule has 0 saturated heterocycles. The molecule has 0 atom stereocenters. The summed E-state index contributed by atoms with van der Waals surface area (Å²) in [5, 5.41) is 9.02. The number of carboxylic acid groups (broad SMARTS) is 1. The minimum absolute atomic E-state index is 0.109. The predicted molar refractivity (Wildman–Crippen MR) is 142 cm³/mol. The Hall–Kier alpha value is -2.08. The van der Waals surface area contributed by atoms with E-state index in [1.807, 2.05) is 52.1 Å². The minimum atomic E-state index is -5.66. The van der Waals surface area contributed by atoms with Crippen LogP contribution in [0.1, 0.15) is 41.4 Å². The Labute approximate surface area is 230 Å². The summed E-state index contributed by atoms with van der Waals surface area (Å²) in [4.78, 5) is 24.5. The Morgan fingerprint density at radius 3 is 2.33 bits per heavy atom. The molecule has 36 heavy (non-hydrogen) atoms. The second-order valence-electron chi connectivity index (χ2n) is 7.55. The number of fused-ring (bicyclic) bond motifs is 1. The minimum Gasteiger partial charge on any atom is -0.480 e. The third-order valence-electron chi connectivity index (χ3n) is 4.90. The molecule has 0 fully saturated rings. The number of nitrogens with one attached hydrogen (secondary N) is 1. The van der Waals surface area contributed by atoms with Crippen molar-refractivity contribution < 1.29 is 45.4 Å². The first-order valence-electron chi connectivity index (χ1n) is 10.3. The van der Waals surface area contributed by atoms with E-state index >= 15 is 0 Å². The maximum absolute atomic E-state index is 13.6. The van der Waals surface area contributed by atoms with E-state index < -0.39 is 33.9 Å². The lowest BCUT2D eigenvalue weighted by atomic mass is 9.98. The van der Waals surface area contributed by atoms with Gasteiger partial charge in [-0.3, -0.25) is 9.52 Å². The number of ketones is 1. The summed E-state index contributed by atoms with van der Waals surface area (Å²) in [6.45, 7) is 1.37. The fourth-order valence-electron chi connectivity index (χ4n) is 3.29. The van der Waals surface area contributed by atoms with E-state index in [0.717, 1.165) is 18.6 Å². The molecule has 0 bridgehead atoms. The van der Waals surface area contributed by atoms with Crippen molar-refractivity contribution in [1.29, 1.82) is 0 Å². The summed E-state index contributed by atoms with van der Waals surface area (Å²) in [6.07, 6.45) is 1.83. The van der Waals surface area contributed by atoms with Gasteiger partial charge in [0.1, 0.15) is 17.1 Å². The van der Waals surface area contributed by atoms with Crippen LogP contribution in [0, 0.1) is 7.14 Å². The van der Waals surface area contributed by atoms with Crippen molar-refractivity contribution in [2.45, 2.75) is 31.7 Å². The number of unbranched alkanes of at least 4 members (excludes halogenated alkanes) is 1. The lowest BCUT2D eigenvalue weighted by Crippen LogP contribution is -2.29. The molecule has 3 aromatic rings. The summed E-state index contributed by atoms with van der Waals surface area (Å²) in [6, 6.07) is 6.55. The largest absolute Gasteiger partial charge is 0.516 e. The summed E-state index contributed by atoms with van der Waals surface area (Å²) < 4.78 is 75.2. The standard InChI is InChI=1S/C22H18F3I2NO7S/c1-2-3-4-17-19(20(31)11-7-14(26)21(15(27)8-11)34-10-18(29)30)13-9-12(5-6-16(13)35-17)28-36(32,33)22(23,24)25/h5-9,28H,2-4,10H2,1H3,(H,29,30). The van der Waals surface area contributed by atoms with Crippen LogP contribution in [-0.2, 0) is 21.2 Å². The fraction of sp³-hybridized carbons (Fsp3) is 0.273. The Bertz CT molecular complexity index is 1410. The molecular weight excluding hydrogens is 733 g/mol. The van der Waals surface area contributed by atoms with Gasteiger partial charge in [0.05, 0.1) is 12.7 Å². The number of sulfonamides is 1. The zero-order valence-corrected chi connectivity index (χ0v) is 23.5. The average molecular weight is 751 g/mol. The molecule has 1 aromatic heterocycles. The number of hydrogen-bond donors (Lipinski definition) is 2. The van der Waals surface area contributed by atoms with Crippen LogP contribution in [0.5, 0.6) is 5.75 Å². The molecule has 8 nitrogen and oxygen atoms in total. The monoisotopic (exact) mass is 751 g/mol. The van der Waals surface area contributed by atoms with Crippen LogP contribution < -0.4 is 9.46 Å². The Morgan fingerprint density at radius 1 is 1.14 bits per heavy atom. The van der Waals surface area contributed by atoms with Crippen molar-refractivity contribution in [2.24, 2.45) is 0 Å². The summed E-state index contributed by atoms with van der Waals surface area (Å²) in [5.74, 6) is -1.04. The van der Waals surface area contributed by atoms with Crippen LogP contribution in [0.25, 0.3) is 11.0 Å². The summed E-state index contributed by atoms with van der Waals surface area (Å²) >= 11 is 3.81. The van der Waals surface area contributed by atoms with Crippen LogP contribution >= 0.6 is 45.2 Å². The highest BCUT2D eigenvalue weighted by molar-refractivity contribution is 14.1. The van der Waals surface area contributed by atoms with Gasteiger partial charge in [0.25, 0.3) is 0 Å². The Morgan fingerprint density at radius 2 is 1.78 bits per heavy atom. The second kappa shape index (κ2) is 11.1. The summed E-state index contributed by atoms with van der Waals surface area (Å²) in [7, 11) is -5.66. The fourth-order valence-corrected chi connectivity index (χ4v) is 5.93. The number of anilines is 1. The van der Waals surface area contributed by atoms with E-state index in [-0.39, 0.29) is 27.8 Å². The smallest absolute Gasteiger partial charge is 0.480 e. The molecule has 0 amide bonds. The normalized spacial score (nSPS) is 12.1. The van der Waals surface area contributed by atoms with Crippen LogP contribution in [0.3, 0.4) is 0 Å². The number of halogens is 5. The quantitative estimate of drug-likeness (QED) is 0.194. The zero-order chi connectivity index (χ0) is 26.8. The van der Waals surface area contributed by atoms with Crippen molar-refractivity contribution in [2.75, 3.05) is 11.3 Å². The van der Waals surface area contributed by atoms with Gasteiger partial charge in [-0.15, -0.1) is 0 Å². The van der Waals surface area contributed by atoms with Crippen molar-refractivity contribution in [1.82, 2.24) is 0 Å². The lowest BCUT2D eigenvalue weighted by molar-refractivity contribution is -0.139. The first-order chi connectivity index (χ1) is 16.7. The molecule has 2 N–H and O–H groups in total. The van der Waals surface area contributed by atoms with Crippen LogP contribution in [0.2, 0.25) is 0 Å². The number of rotatable bonds is 10. The van der Waals surface area contributed by atoms with Gasteiger partial charge in [-0.25, -0.2) is 4.79 Å². The lowest BCUT2D eigenvalue weighted by Gasteiger charge is -2.12. The SMILES string of the molecule is CCCCc1oc2ccc(NS(=O)(=O)C(F)(F)F)cc2c1C(=O)c1cc(I)c(OCC(=O)O)c(I)c1. The molecule has 1 heterocycles. The van der Waals surface area contributed by atoms with Crippen LogP contribution in [0.15, 0.2) is 34.7 Å². The third-order valence-corrected chi connectivity index (χ3v) is 7.62. The molecule has 14 heteroatoms. The van der Waals surface area contributed by atoms with E-state index in [1.165, 1.54) is 22.9 Å². The van der Waals surface area contributed by atoms with Crippen molar-refractivity contribution in [3.05, 3.63) is 54.4 Å². The van der Waals surface area contributed by atoms with E-state index in [9.17, 15) is 31.2 Å². The summed E-state index contributed by atoms with van der Waals surface area (Å²) in [5.41, 5.74) is -5.35. The molecule has 0 aliphatic rings. The highest BCUT2D eigenvalue weighted by Gasteiger charge is 2.46. The number of carbonyl (C=O) groups is 2. The van der Waals surface area contributed by atoms with Gasteiger partial charge >= 0.3 is 21.5 Å². The number of hydrogen-bond acceptors (Lipinski definition) is 6. The zero-order valence-electron chi connectivity index (χ0n) is 18.4. The molecule has 0 spiro atoms. The highest BCUT2D eigenvalue weighted by Crippen LogP contribution is 2.35. The first kappa shape index (κ1) is 28.5. The highest BCUT2D eigenvalue weighted by atomic mass is 127. The molecule has 0 unspecified atom stereocenters. The maximum Gasteiger partial charge on any atom is 0.516 e. The van der Waals surface area contributed by atoms with E-state index in [0.29, 0.717) is 31.5 Å². The molecular formula is C22H18F3I2NO7S. The number of carboxylic acids is 1. The van der Waals surface area contributed by atoms with E-state index in [1.54, 1.807) is 0 Å². The second-order valence-corrected chi connectivity index (χ2v) is 11.5. The van der Waals surface area contributed by atoms with Crippen LogP contribution in [-0.4, -0.2) is 37.4 Å². The number of ether oxygens (including phenoxy) is 1. The number of aliphatic carboxylic acids is 1. The molecule has 194 valence electrons. The molecule has 0 aliphatic heterocycles.